The zero-order valence-electron chi connectivity index (χ0n) is 12.6. The van der Waals surface area contributed by atoms with E-state index < -0.39 is 5.97 Å². The zero-order chi connectivity index (χ0) is 15.7. The fraction of sp³-hybridized carbons (Fsp3) is 0.500. The van der Waals surface area contributed by atoms with Gasteiger partial charge in [0.15, 0.2) is 0 Å². The van der Waals surface area contributed by atoms with Crippen LogP contribution >= 0.6 is 0 Å². The Labute approximate surface area is 129 Å². The number of para-hydroxylation sites is 2. The van der Waals surface area contributed by atoms with Gasteiger partial charge in [0.2, 0.25) is 0 Å². The minimum Gasteiger partial charge on any atom is -0.487 e. The number of anilines is 1. The van der Waals surface area contributed by atoms with Crippen LogP contribution in [0.1, 0.15) is 19.8 Å². The minimum absolute atomic E-state index is 0.0598. The number of urea groups is 1. The number of hydrogen-bond donors (Lipinski definition) is 1. The third kappa shape index (κ3) is 2.73. The molecule has 1 N–H and O–H groups in total. The Balaban J connectivity index is 1.74. The van der Waals surface area contributed by atoms with Gasteiger partial charge in [-0.05, 0) is 31.9 Å². The Morgan fingerprint density at radius 1 is 1.23 bits per heavy atom. The van der Waals surface area contributed by atoms with Crippen molar-refractivity contribution in [2.45, 2.75) is 25.9 Å². The first-order valence-corrected chi connectivity index (χ1v) is 7.61. The minimum atomic E-state index is -0.766. The number of carboxylic acid groups (broad SMARTS) is 1. The maximum atomic E-state index is 12.8. The van der Waals surface area contributed by atoms with Gasteiger partial charge in [-0.1, -0.05) is 12.1 Å². The molecule has 118 valence electrons. The quantitative estimate of drug-likeness (QED) is 0.863. The topological polar surface area (TPSA) is 70.1 Å². The van der Waals surface area contributed by atoms with E-state index in [9.17, 15) is 9.59 Å². The van der Waals surface area contributed by atoms with Crippen LogP contribution < -0.4 is 9.64 Å². The molecule has 1 aromatic carbocycles. The van der Waals surface area contributed by atoms with Gasteiger partial charge < -0.3 is 14.7 Å². The number of amides is 2. The van der Waals surface area contributed by atoms with Crippen molar-refractivity contribution in [1.29, 1.82) is 0 Å². The second-order valence-corrected chi connectivity index (χ2v) is 5.89. The van der Waals surface area contributed by atoms with E-state index in [1.807, 2.05) is 31.2 Å². The largest absolute Gasteiger partial charge is 0.487 e. The first-order valence-electron chi connectivity index (χ1n) is 7.61. The van der Waals surface area contributed by atoms with Gasteiger partial charge in [-0.25, -0.2) is 4.79 Å². The van der Waals surface area contributed by atoms with E-state index in [0.717, 1.165) is 11.4 Å². The van der Waals surface area contributed by atoms with Crippen molar-refractivity contribution >= 4 is 17.7 Å². The number of hydrogen-bond acceptors (Lipinski definition) is 3. The van der Waals surface area contributed by atoms with E-state index in [1.165, 1.54) is 0 Å². The first kappa shape index (κ1) is 14.7. The second-order valence-electron chi connectivity index (χ2n) is 5.89. The SMILES string of the molecule is C[C@H]1CN(C(=O)N2CCC(C(=O)O)CC2)c2ccccc2O1. The van der Waals surface area contributed by atoms with Crippen LogP contribution in [-0.2, 0) is 4.79 Å². The van der Waals surface area contributed by atoms with Crippen molar-refractivity contribution in [2.24, 2.45) is 5.92 Å². The van der Waals surface area contributed by atoms with Crippen molar-refractivity contribution in [3.63, 3.8) is 0 Å². The smallest absolute Gasteiger partial charge is 0.324 e. The lowest BCUT2D eigenvalue weighted by Gasteiger charge is -2.38. The van der Waals surface area contributed by atoms with Crippen LogP contribution in [0.15, 0.2) is 24.3 Å². The summed E-state index contributed by atoms with van der Waals surface area (Å²) in [6, 6.07) is 7.45. The average molecular weight is 304 g/mol. The van der Waals surface area contributed by atoms with E-state index in [1.54, 1.807) is 9.80 Å². The molecule has 0 radical (unpaired) electrons. The summed E-state index contributed by atoms with van der Waals surface area (Å²) in [6.45, 7) is 3.43. The molecule has 2 aliphatic heterocycles. The molecule has 6 heteroatoms. The lowest BCUT2D eigenvalue weighted by Crippen LogP contribution is -2.51. The van der Waals surface area contributed by atoms with E-state index in [-0.39, 0.29) is 18.1 Å². The van der Waals surface area contributed by atoms with Gasteiger partial charge in [0.25, 0.3) is 0 Å². The highest BCUT2D eigenvalue weighted by Gasteiger charge is 2.33. The number of ether oxygens (including phenoxy) is 1. The van der Waals surface area contributed by atoms with Gasteiger partial charge in [-0.3, -0.25) is 9.69 Å². The molecule has 1 aromatic rings. The van der Waals surface area contributed by atoms with Crippen molar-refractivity contribution < 1.29 is 19.4 Å². The van der Waals surface area contributed by atoms with Crippen LogP contribution in [0.5, 0.6) is 5.75 Å². The highest BCUT2D eigenvalue weighted by atomic mass is 16.5. The van der Waals surface area contributed by atoms with Gasteiger partial charge in [-0.2, -0.15) is 0 Å². The molecule has 22 heavy (non-hydrogen) atoms. The van der Waals surface area contributed by atoms with E-state index in [0.29, 0.717) is 32.5 Å². The van der Waals surface area contributed by atoms with Crippen LogP contribution in [0.25, 0.3) is 0 Å². The number of rotatable bonds is 1. The molecule has 2 amide bonds. The Kier molecular flexibility index (Phi) is 3.92. The zero-order valence-corrected chi connectivity index (χ0v) is 12.6. The predicted octanol–water partition coefficient (Wildman–Crippen LogP) is 2.19. The number of carboxylic acids is 1. The van der Waals surface area contributed by atoms with Gasteiger partial charge >= 0.3 is 12.0 Å². The van der Waals surface area contributed by atoms with Crippen LogP contribution in [0.2, 0.25) is 0 Å². The summed E-state index contributed by atoms with van der Waals surface area (Å²) in [5, 5.41) is 9.05. The van der Waals surface area contributed by atoms with Crippen molar-refractivity contribution in [3.05, 3.63) is 24.3 Å². The van der Waals surface area contributed by atoms with Crippen LogP contribution in [0.4, 0.5) is 10.5 Å². The molecule has 0 bridgehead atoms. The van der Waals surface area contributed by atoms with Gasteiger partial charge in [0, 0.05) is 13.1 Å². The fourth-order valence-corrected chi connectivity index (χ4v) is 3.06. The van der Waals surface area contributed by atoms with E-state index in [4.69, 9.17) is 9.84 Å². The standard InChI is InChI=1S/C16H20N2O4/c1-11-10-18(13-4-2-3-5-14(13)22-11)16(21)17-8-6-12(7-9-17)15(19)20/h2-5,11-12H,6-10H2,1H3,(H,19,20)/t11-/m0/s1. The first-order chi connectivity index (χ1) is 10.6. The highest BCUT2D eigenvalue weighted by Crippen LogP contribution is 2.34. The average Bonchev–Trinajstić information content (AvgIpc) is 2.53. The van der Waals surface area contributed by atoms with Gasteiger partial charge in [0.05, 0.1) is 18.2 Å². The molecule has 0 aromatic heterocycles. The van der Waals surface area contributed by atoms with Gasteiger partial charge in [0.1, 0.15) is 11.9 Å². The number of fused-ring (bicyclic) bond motifs is 1. The van der Waals surface area contributed by atoms with Gasteiger partial charge in [-0.15, -0.1) is 0 Å². The predicted molar refractivity (Wildman–Crippen MR) is 81.2 cm³/mol. The monoisotopic (exact) mass is 304 g/mol. The fourth-order valence-electron chi connectivity index (χ4n) is 3.06. The Bertz CT molecular complexity index is 581. The number of nitrogens with zero attached hydrogens (tertiary/aromatic N) is 2. The molecular weight excluding hydrogens is 284 g/mol. The summed E-state index contributed by atoms with van der Waals surface area (Å²) in [4.78, 5) is 27.3. The van der Waals surface area contributed by atoms with Crippen molar-refractivity contribution in [2.75, 3.05) is 24.5 Å². The van der Waals surface area contributed by atoms with E-state index in [2.05, 4.69) is 0 Å². The number of carbonyl (C=O) groups is 2. The molecule has 1 fully saturated rings. The summed E-state index contributed by atoms with van der Waals surface area (Å²) in [5.74, 6) is -0.382. The summed E-state index contributed by atoms with van der Waals surface area (Å²) in [5.41, 5.74) is 0.783. The highest BCUT2D eigenvalue weighted by molar-refractivity contribution is 5.94. The molecule has 0 aliphatic carbocycles. The molecule has 6 nitrogen and oxygen atoms in total. The summed E-state index contributed by atoms with van der Waals surface area (Å²) in [6.07, 6.45) is 0.973. The number of piperidine rings is 1. The van der Waals surface area contributed by atoms with Crippen LogP contribution in [0, 0.1) is 5.92 Å². The molecule has 1 atom stereocenters. The molecule has 0 unspecified atom stereocenters. The second kappa shape index (κ2) is 5.87. The summed E-state index contributed by atoms with van der Waals surface area (Å²) < 4.78 is 5.76. The number of aliphatic carboxylic acids is 1. The third-order valence-electron chi connectivity index (χ3n) is 4.27. The maximum Gasteiger partial charge on any atom is 0.324 e. The normalized spacial score (nSPS) is 22.0. The Hall–Kier alpha value is -2.24. The maximum absolute atomic E-state index is 12.8. The molecular formula is C16H20N2O4. The Morgan fingerprint density at radius 2 is 1.91 bits per heavy atom. The van der Waals surface area contributed by atoms with Crippen LogP contribution in [-0.4, -0.2) is 47.7 Å². The molecule has 0 saturated carbocycles. The molecule has 0 spiro atoms. The Morgan fingerprint density at radius 3 is 2.59 bits per heavy atom. The molecule has 3 rings (SSSR count). The van der Waals surface area contributed by atoms with Crippen molar-refractivity contribution in [1.82, 2.24) is 4.90 Å². The third-order valence-corrected chi connectivity index (χ3v) is 4.27. The van der Waals surface area contributed by atoms with E-state index >= 15 is 0 Å². The van der Waals surface area contributed by atoms with Crippen LogP contribution in [0.3, 0.4) is 0 Å². The molecule has 1 saturated heterocycles. The lowest BCUT2D eigenvalue weighted by molar-refractivity contribution is -0.143. The number of benzene rings is 1. The molecule has 2 aliphatic rings. The van der Waals surface area contributed by atoms with Crippen molar-refractivity contribution in [3.8, 4) is 5.75 Å². The number of likely N-dealkylation sites (tertiary alicyclic amines) is 1. The number of carbonyl (C=O) groups excluding carboxylic acids is 1. The summed E-state index contributed by atoms with van der Waals surface area (Å²) >= 11 is 0. The summed E-state index contributed by atoms with van der Waals surface area (Å²) in [7, 11) is 0. The molecule has 2 heterocycles. The lowest BCUT2D eigenvalue weighted by atomic mass is 9.97.